The van der Waals surface area contributed by atoms with Gasteiger partial charge in [-0.2, -0.15) is 0 Å². The molecule has 2 saturated heterocycles. The molecular formula is C26H29FN4O2. The number of carbonyl (C=O) groups excluding carboxylic acids is 1. The standard InChI is InChI=1S/C26H29FN4O2/c1-19-5-7-22-24(28-19)3-2-4-25(22)30-13-11-29(12-14-30)10-9-20-17-21(6-8-23(20)27)31-15-16-33-26(31)18-32/h2-8,17-18,26H,9-16H2,1H3. The van der Waals surface area contributed by atoms with E-state index in [-0.39, 0.29) is 5.82 Å². The van der Waals surface area contributed by atoms with E-state index in [1.165, 1.54) is 17.1 Å². The van der Waals surface area contributed by atoms with Crippen LogP contribution in [0.1, 0.15) is 11.3 Å². The average molecular weight is 449 g/mol. The van der Waals surface area contributed by atoms with Crippen molar-refractivity contribution in [2.24, 2.45) is 0 Å². The molecule has 2 aliphatic heterocycles. The molecule has 5 rings (SSSR count). The third-order valence-corrected chi connectivity index (χ3v) is 6.66. The molecule has 2 aromatic carbocycles. The van der Waals surface area contributed by atoms with Crippen LogP contribution in [0.15, 0.2) is 48.5 Å². The summed E-state index contributed by atoms with van der Waals surface area (Å²) in [7, 11) is 0. The normalized spacial score (nSPS) is 19.4. The Hall–Kier alpha value is -3.03. The zero-order chi connectivity index (χ0) is 22.8. The molecule has 0 radical (unpaired) electrons. The lowest BCUT2D eigenvalue weighted by molar-refractivity contribution is -0.115. The van der Waals surface area contributed by atoms with Gasteiger partial charge in [0.25, 0.3) is 0 Å². The van der Waals surface area contributed by atoms with Gasteiger partial charge in [0.1, 0.15) is 5.82 Å². The van der Waals surface area contributed by atoms with Crippen LogP contribution < -0.4 is 9.80 Å². The second-order valence-corrected chi connectivity index (χ2v) is 8.74. The molecule has 172 valence electrons. The number of benzene rings is 2. The second kappa shape index (κ2) is 9.45. The number of pyridine rings is 1. The van der Waals surface area contributed by atoms with Gasteiger partial charge in [-0.15, -0.1) is 0 Å². The van der Waals surface area contributed by atoms with Gasteiger partial charge < -0.3 is 14.5 Å². The van der Waals surface area contributed by atoms with Crippen molar-refractivity contribution in [1.29, 1.82) is 0 Å². The summed E-state index contributed by atoms with van der Waals surface area (Å²) in [6.45, 7) is 7.70. The number of aromatic nitrogens is 1. The van der Waals surface area contributed by atoms with Crippen LogP contribution >= 0.6 is 0 Å². The predicted octanol–water partition coefficient (Wildman–Crippen LogP) is 3.41. The van der Waals surface area contributed by atoms with Crippen LogP contribution in [0.25, 0.3) is 10.9 Å². The van der Waals surface area contributed by atoms with E-state index >= 15 is 0 Å². The largest absolute Gasteiger partial charge is 0.368 e. The van der Waals surface area contributed by atoms with Crippen molar-refractivity contribution < 1.29 is 13.9 Å². The maximum Gasteiger partial charge on any atom is 0.186 e. The van der Waals surface area contributed by atoms with Crippen LogP contribution in [0.4, 0.5) is 15.8 Å². The summed E-state index contributed by atoms with van der Waals surface area (Å²) in [6.07, 6.45) is 0.852. The third-order valence-electron chi connectivity index (χ3n) is 6.66. The Morgan fingerprint density at radius 2 is 1.94 bits per heavy atom. The van der Waals surface area contributed by atoms with E-state index in [9.17, 15) is 9.18 Å². The van der Waals surface area contributed by atoms with Crippen LogP contribution in [0.5, 0.6) is 0 Å². The average Bonchev–Trinajstić information content (AvgIpc) is 3.32. The quantitative estimate of drug-likeness (QED) is 0.539. The summed E-state index contributed by atoms with van der Waals surface area (Å²) in [6, 6.07) is 15.6. The van der Waals surface area contributed by atoms with E-state index in [0.717, 1.165) is 55.9 Å². The Balaban J connectivity index is 1.21. The first-order valence-electron chi connectivity index (χ1n) is 11.6. The topological polar surface area (TPSA) is 48.9 Å². The van der Waals surface area contributed by atoms with Gasteiger partial charge >= 0.3 is 0 Å². The van der Waals surface area contributed by atoms with Crippen molar-refractivity contribution in [1.82, 2.24) is 9.88 Å². The number of aryl methyl sites for hydroxylation is 1. The number of aldehydes is 1. The van der Waals surface area contributed by atoms with Crippen LogP contribution in [-0.4, -0.2) is 68.3 Å². The molecule has 3 aromatic rings. The lowest BCUT2D eigenvalue weighted by atomic mass is 10.1. The summed E-state index contributed by atoms with van der Waals surface area (Å²) in [4.78, 5) is 22.6. The van der Waals surface area contributed by atoms with E-state index in [1.54, 1.807) is 6.07 Å². The fourth-order valence-electron chi connectivity index (χ4n) is 4.82. The van der Waals surface area contributed by atoms with Gasteiger partial charge in [-0.25, -0.2) is 4.39 Å². The number of carbonyl (C=O) groups is 1. The first-order chi connectivity index (χ1) is 16.1. The highest BCUT2D eigenvalue weighted by atomic mass is 19.1. The molecule has 0 amide bonds. The highest BCUT2D eigenvalue weighted by Gasteiger charge is 2.25. The number of piperazine rings is 1. The zero-order valence-electron chi connectivity index (χ0n) is 18.9. The van der Waals surface area contributed by atoms with Gasteiger partial charge in [0.2, 0.25) is 0 Å². The molecule has 3 heterocycles. The Bertz CT molecular complexity index is 1150. The number of halogens is 1. The van der Waals surface area contributed by atoms with E-state index < -0.39 is 6.23 Å². The van der Waals surface area contributed by atoms with E-state index in [0.29, 0.717) is 25.1 Å². The van der Waals surface area contributed by atoms with Crippen molar-refractivity contribution in [2.75, 3.05) is 55.7 Å². The highest BCUT2D eigenvalue weighted by Crippen LogP contribution is 2.27. The summed E-state index contributed by atoms with van der Waals surface area (Å²) in [5.41, 5.74) is 4.81. The lowest BCUT2D eigenvalue weighted by Crippen LogP contribution is -2.47. The smallest absolute Gasteiger partial charge is 0.186 e. The van der Waals surface area contributed by atoms with Gasteiger partial charge in [-0.05, 0) is 61.4 Å². The second-order valence-electron chi connectivity index (χ2n) is 8.74. The summed E-state index contributed by atoms with van der Waals surface area (Å²) >= 11 is 0. The van der Waals surface area contributed by atoms with E-state index in [2.05, 4.69) is 45.1 Å². The molecule has 1 atom stereocenters. The number of nitrogens with zero attached hydrogens (tertiary/aromatic N) is 4. The van der Waals surface area contributed by atoms with Crippen molar-refractivity contribution in [3.8, 4) is 0 Å². The zero-order valence-corrected chi connectivity index (χ0v) is 18.9. The lowest BCUT2D eigenvalue weighted by Gasteiger charge is -2.36. The van der Waals surface area contributed by atoms with Crippen LogP contribution in [0.2, 0.25) is 0 Å². The number of fused-ring (bicyclic) bond motifs is 1. The predicted molar refractivity (Wildman–Crippen MR) is 128 cm³/mol. The van der Waals surface area contributed by atoms with E-state index in [4.69, 9.17) is 4.74 Å². The summed E-state index contributed by atoms with van der Waals surface area (Å²) in [5, 5.41) is 1.19. The molecule has 1 unspecified atom stereocenters. The molecule has 6 nitrogen and oxygen atoms in total. The molecule has 0 spiro atoms. The number of hydrogen-bond acceptors (Lipinski definition) is 6. The van der Waals surface area contributed by atoms with Gasteiger partial charge in [0.05, 0.1) is 12.1 Å². The highest BCUT2D eigenvalue weighted by molar-refractivity contribution is 5.92. The van der Waals surface area contributed by atoms with Crippen LogP contribution in [0, 0.1) is 12.7 Å². The molecule has 0 bridgehead atoms. The fourth-order valence-corrected chi connectivity index (χ4v) is 4.82. The number of hydrogen-bond donors (Lipinski definition) is 0. The van der Waals surface area contributed by atoms with Crippen LogP contribution in [-0.2, 0) is 16.0 Å². The Morgan fingerprint density at radius 3 is 2.76 bits per heavy atom. The molecule has 7 heteroatoms. The summed E-state index contributed by atoms with van der Waals surface area (Å²) < 4.78 is 19.9. The first-order valence-corrected chi connectivity index (χ1v) is 11.6. The van der Waals surface area contributed by atoms with Gasteiger partial charge in [-0.3, -0.25) is 14.7 Å². The molecular weight excluding hydrogens is 419 g/mol. The van der Waals surface area contributed by atoms with Crippen molar-refractivity contribution in [2.45, 2.75) is 19.6 Å². The Morgan fingerprint density at radius 1 is 1.09 bits per heavy atom. The summed E-state index contributed by atoms with van der Waals surface area (Å²) in [5.74, 6) is -0.196. The van der Waals surface area contributed by atoms with Gasteiger partial charge in [-0.1, -0.05) is 6.07 Å². The maximum absolute atomic E-state index is 14.5. The first kappa shape index (κ1) is 21.8. The van der Waals surface area contributed by atoms with Crippen LogP contribution in [0.3, 0.4) is 0 Å². The number of anilines is 2. The molecule has 1 aromatic heterocycles. The molecule has 0 saturated carbocycles. The van der Waals surface area contributed by atoms with Crippen molar-refractivity contribution in [3.05, 3.63) is 65.6 Å². The van der Waals surface area contributed by atoms with Gasteiger partial charge in [0.15, 0.2) is 12.5 Å². The molecule has 0 N–H and O–H groups in total. The minimum atomic E-state index is -0.579. The molecule has 33 heavy (non-hydrogen) atoms. The van der Waals surface area contributed by atoms with Crippen molar-refractivity contribution in [3.63, 3.8) is 0 Å². The Labute approximate surface area is 193 Å². The minimum absolute atomic E-state index is 0.196. The fraction of sp³-hybridized carbons (Fsp3) is 0.385. The molecule has 0 aliphatic carbocycles. The van der Waals surface area contributed by atoms with Crippen molar-refractivity contribution >= 4 is 28.6 Å². The van der Waals surface area contributed by atoms with Gasteiger partial charge in [0, 0.05) is 61.7 Å². The SMILES string of the molecule is Cc1ccc2c(N3CCN(CCc4cc(N5CCOC5C=O)ccc4F)CC3)cccc2n1. The number of ether oxygens (including phenoxy) is 1. The molecule has 2 aliphatic rings. The Kier molecular flexibility index (Phi) is 6.24. The monoisotopic (exact) mass is 448 g/mol. The maximum atomic E-state index is 14.5. The third kappa shape index (κ3) is 4.56. The van der Waals surface area contributed by atoms with E-state index in [1.807, 2.05) is 17.9 Å². The number of rotatable bonds is 6. The molecule has 2 fully saturated rings. The minimum Gasteiger partial charge on any atom is -0.368 e.